The van der Waals surface area contributed by atoms with Crippen LogP contribution in [-0.2, 0) is 9.53 Å². The van der Waals surface area contributed by atoms with Crippen LogP contribution in [0, 0.1) is 0 Å². The standard InChI is InChI=1S/C24H31NO6/c1-3-4-6-12-20(28)23-21(31-24(25-23)17-10-7-5-8-11-17)16-15-19(27)18(26)13-9-14-22(29)30-2/h5,7-8,10-11,15-16,18-19,26-27H,3-4,6,9,12-14H2,1-2H3/b16-15+/t18-,19+/m0/s1. The van der Waals surface area contributed by atoms with Crippen LogP contribution in [0.1, 0.15) is 68.1 Å². The number of oxazole rings is 1. The Balaban J connectivity index is 2.13. The van der Waals surface area contributed by atoms with Crippen LogP contribution in [-0.4, -0.2) is 46.3 Å². The van der Waals surface area contributed by atoms with Gasteiger partial charge in [0.1, 0.15) is 0 Å². The van der Waals surface area contributed by atoms with Crippen LogP contribution in [0.2, 0.25) is 0 Å². The zero-order valence-electron chi connectivity index (χ0n) is 18.1. The van der Waals surface area contributed by atoms with E-state index in [0.717, 1.165) is 24.8 Å². The van der Waals surface area contributed by atoms with Crippen LogP contribution < -0.4 is 0 Å². The lowest BCUT2D eigenvalue weighted by Crippen LogP contribution is -2.23. The third kappa shape index (κ3) is 7.77. The quantitative estimate of drug-likeness (QED) is 0.279. The summed E-state index contributed by atoms with van der Waals surface area (Å²) in [5, 5.41) is 20.3. The highest BCUT2D eigenvalue weighted by Gasteiger charge is 2.20. The molecule has 0 saturated carbocycles. The first-order chi connectivity index (χ1) is 15.0. The van der Waals surface area contributed by atoms with Crippen molar-refractivity contribution < 1.29 is 29.0 Å². The molecule has 0 aliphatic carbocycles. The maximum absolute atomic E-state index is 12.7. The summed E-state index contributed by atoms with van der Waals surface area (Å²) in [5.41, 5.74) is 0.965. The fourth-order valence-electron chi connectivity index (χ4n) is 3.05. The molecule has 2 atom stereocenters. The number of methoxy groups -OCH3 is 1. The number of aromatic nitrogens is 1. The first-order valence-corrected chi connectivity index (χ1v) is 10.7. The third-order valence-corrected chi connectivity index (χ3v) is 4.89. The number of unbranched alkanes of at least 4 members (excludes halogenated alkanes) is 2. The number of hydrogen-bond donors (Lipinski definition) is 2. The minimum absolute atomic E-state index is 0.118. The predicted molar refractivity (Wildman–Crippen MR) is 117 cm³/mol. The van der Waals surface area contributed by atoms with Crippen molar-refractivity contribution >= 4 is 17.8 Å². The van der Waals surface area contributed by atoms with Gasteiger partial charge in [0, 0.05) is 18.4 Å². The van der Waals surface area contributed by atoms with Gasteiger partial charge in [0.2, 0.25) is 5.89 Å². The predicted octanol–water partition coefficient (Wildman–Crippen LogP) is 4.18. The maximum Gasteiger partial charge on any atom is 0.305 e. The van der Waals surface area contributed by atoms with Gasteiger partial charge in [0.05, 0.1) is 19.3 Å². The summed E-state index contributed by atoms with van der Waals surface area (Å²) in [6, 6.07) is 9.26. The molecule has 2 N–H and O–H groups in total. The summed E-state index contributed by atoms with van der Waals surface area (Å²) >= 11 is 0. The van der Waals surface area contributed by atoms with Crippen molar-refractivity contribution in [3.8, 4) is 11.5 Å². The molecule has 2 rings (SSSR count). The Morgan fingerprint density at radius 2 is 1.87 bits per heavy atom. The van der Waals surface area contributed by atoms with E-state index >= 15 is 0 Å². The Kier molecular flexibility index (Phi) is 10.1. The van der Waals surface area contributed by atoms with Crippen molar-refractivity contribution in [2.75, 3.05) is 7.11 Å². The number of ether oxygens (including phenoxy) is 1. The third-order valence-electron chi connectivity index (χ3n) is 4.89. The second-order valence-electron chi connectivity index (χ2n) is 7.36. The van der Waals surface area contributed by atoms with E-state index in [1.807, 2.05) is 30.3 Å². The van der Waals surface area contributed by atoms with Gasteiger partial charge in [-0.3, -0.25) is 9.59 Å². The minimum Gasteiger partial charge on any atom is -0.469 e. The largest absolute Gasteiger partial charge is 0.469 e. The van der Waals surface area contributed by atoms with Crippen molar-refractivity contribution in [3.63, 3.8) is 0 Å². The first kappa shape index (κ1) is 24.5. The highest BCUT2D eigenvalue weighted by Crippen LogP contribution is 2.25. The molecule has 0 aliphatic heterocycles. The van der Waals surface area contributed by atoms with Gasteiger partial charge in [-0.15, -0.1) is 0 Å². The van der Waals surface area contributed by atoms with E-state index in [9.17, 15) is 19.8 Å². The van der Waals surface area contributed by atoms with Gasteiger partial charge < -0.3 is 19.4 Å². The summed E-state index contributed by atoms with van der Waals surface area (Å²) in [6.45, 7) is 2.07. The molecule has 1 aromatic carbocycles. The lowest BCUT2D eigenvalue weighted by molar-refractivity contribution is -0.140. The molecule has 0 fully saturated rings. The average molecular weight is 430 g/mol. The monoisotopic (exact) mass is 429 g/mol. The molecular formula is C24H31NO6. The van der Waals surface area contributed by atoms with Crippen molar-refractivity contribution in [2.24, 2.45) is 0 Å². The molecular weight excluding hydrogens is 398 g/mol. The summed E-state index contributed by atoms with van der Waals surface area (Å²) in [4.78, 5) is 28.2. The van der Waals surface area contributed by atoms with E-state index in [4.69, 9.17) is 4.42 Å². The smallest absolute Gasteiger partial charge is 0.305 e. The van der Waals surface area contributed by atoms with Crippen LogP contribution in [0.3, 0.4) is 0 Å². The number of nitrogens with zero attached hydrogens (tertiary/aromatic N) is 1. The molecule has 1 aromatic heterocycles. The van der Waals surface area contributed by atoms with Gasteiger partial charge in [-0.25, -0.2) is 4.98 Å². The SMILES string of the molecule is CCCCCC(=O)c1nc(-c2ccccc2)oc1/C=C/[C@@H](O)[C@@H](O)CCCC(=O)OC. The Morgan fingerprint density at radius 3 is 2.55 bits per heavy atom. The van der Waals surface area contributed by atoms with Gasteiger partial charge in [0.15, 0.2) is 17.2 Å². The number of carbonyl (C=O) groups excluding carboxylic acids is 2. The number of benzene rings is 1. The number of rotatable bonds is 13. The Hall–Kier alpha value is -2.77. The van der Waals surface area contributed by atoms with Crippen molar-refractivity contribution in [1.82, 2.24) is 4.98 Å². The van der Waals surface area contributed by atoms with E-state index < -0.39 is 12.2 Å². The zero-order valence-corrected chi connectivity index (χ0v) is 18.1. The molecule has 31 heavy (non-hydrogen) atoms. The second-order valence-corrected chi connectivity index (χ2v) is 7.36. The fraction of sp³-hybridized carbons (Fsp3) is 0.458. The molecule has 0 bridgehead atoms. The molecule has 2 aromatic rings. The normalized spacial score (nSPS) is 13.3. The van der Waals surface area contributed by atoms with Crippen LogP contribution in [0.5, 0.6) is 0 Å². The number of Topliss-reactive ketones (excluding diaryl/α,β-unsaturated/α-hetero) is 1. The van der Waals surface area contributed by atoms with E-state index in [2.05, 4.69) is 16.6 Å². The number of carbonyl (C=O) groups is 2. The summed E-state index contributed by atoms with van der Waals surface area (Å²) in [5.74, 6) is 0.0964. The number of hydrogen-bond acceptors (Lipinski definition) is 7. The van der Waals surface area contributed by atoms with Crippen molar-refractivity contribution in [1.29, 1.82) is 0 Å². The zero-order chi connectivity index (χ0) is 22.6. The summed E-state index contributed by atoms with van der Waals surface area (Å²) in [7, 11) is 1.30. The summed E-state index contributed by atoms with van der Waals surface area (Å²) < 4.78 is 10.4. The van der Waals surface area contributed by atoms with Crippen LogP contribution in [0.15, 0.2) is 40.8 Å². The van der Waals surface area contributed by atoms with E-state index in [-0.39, 0.29) is 36.0 Å². The number of aliphatic hydroxyl groups is 2. The molecule has 0 spiro atoms. The summed E-state index contributed by atoms with van der Waals surface area (Å²) in [6.07, 6.45) is 4.51. The van der Waals surface area contributed by atoms with Gasteiger partial charge in [-0.05, 0) is 43.5 Å². The molecule has 0 unspecified atom stereocenters. The number of ketones is 1. The number of esters is 1. The highest BCUT2D eigenvalue weighted by atomic mass is 16.5. The van der Waals surface area contributed by atoms with Crippen LogP contribution >= 0.6 is 0 Å². The minimum atomic E-state index is -1.18. The Morgan fingerprint density at radius 1 is 1.13 bits per heavy atom. The molecule has 7 nitrogen and oxygen atoms in total. The number of aliphatic hydroxyl groups excluding tert-OH is 2. The lowest BCUT2D eigenvalue weighted by Gasteiger charge is -2.13. The van der Waals surface area contributed by atoms with E-state index in [1.165, 1.54) is 19.3 Å². The van der Waals surface area contributed by atoms with E-state index in [1.54, 1.807) is 0 Å². The molecule has 1 heterocycles. The fourth-order valence-corrected chi connectivity index (χ4v) is 3.05. The topological polar surface area (TPSA) is 110 Å². The Bertz CT molecular complexity index is 858. The molecule has 0 radical (unpaired) electrons. The molecule has 168 valence electrons. The van der Waals surface area contributed by atoms with Crippen LogP contribution in [0.4, 0.5) is 0 Å². The molecule has 7 heteroatoms. The van der Waals surface area contributed by atoms with Gasteiger partial charge >= 0.3 is 5.97 Å². The van der Waals surface area contributed by atoms with Crippen LogP contribution in [0.25, 0.3) is 17.5 Å². The van der Waals surface area contributed by atoms with Crippen molar-refractivity contribution in [2.45, 2.75) is 64.1 Å². The van der Waals surface area contributed by atoms with Gasteiger partial charge in [-0.1, -0.05) is 38.0 Å². The van der Waals surface area contributed by atoms with E-state index in [0.29, 0.717) is 18.7 Å². The molecule has 0 amide bonds. The second kappa shape index (κ2) is 12.8. The Labute approximate surface area is 182 Å². The lowest BCUT2D eigenvalue weighted by atomic mass is 10.1. The van der Waals surface area contributed by atoms with Crippen molar-refractivity contribution in [3.05, 3.63) is 47.9 Å². The molecule has 0 aliphatic rings. The van der Waals surface area contributed by atoms with Gasteiger partial charge in [-0.2, -0.15) is 0 Å². The molecule has 0 saturated heterocycles. The average Bonchev–Trinajstić information content (AvgIpc) is 3.22. The van der Waals surface area contributed by atoms with Gasteiger partial charge in [0.25, 0.3) is 0 Å². The highest BCUT2D eigenvalue weighted by molar-refractivity contribution is 5.97. The maximum atomic E-state index is 12.7. The first-order valence-electron chi connectivity index (χ1n) is 10.7.